The van der Waals surface area contributed by atoms with Crippen molar-refractivity contribution in [3.63, 3.8) is 0 Å². The van der Waals surface area contributed by atoms with Crippen LogP contribution in [-0.2, 0) is 7.05 Å². The fourth-order valence-electron chi connectivity index (χ4n) is 3.36. The number of halogens is 2. The lowest BCUT2D eigenvalue weighted by Crippen LogP contribution is -2.49. The first-order chi connectivity index (χ1) is 13.7. The maximum absolute atomic E-state index is 13.8. The summed E-state index contributed by atoms with van der Waals surface area (Å²) in [5.41, 5.74) is 5.97. The van der Waals surface area contributed by atoms with Gasteiger partial charge in [-0.3, -0.25) is 14.5 Å². The van der Waals surface area contributed by atoms with Gasteiger partial charge >= 0.3 is 0 Å². The third-order valence-electron chi connectivity index (χ3n) is 5.21. The van der Waals surface area contributed by atoms with Crippen LogP contribution in [0, 0.1) is 23.5 Å². The summed E-state index contributed by atoms with van der Waals surface area (Å²) < 4.78 is 28.5. The number of benzene rings is 1. The van der Waals surface area contributed by atoms with Crippen LogP contribution in [-0.4, -0.2) is 38.4 Å². The zero-order valence-corrected chi connectivity index (χ0v) is 16.1. The molecule has 0 spiro atoms. The van der Waals surface area contributed by atoms with Crippen LogP contribution in [0.15, 0.2) is 23.0 Å². The van der Waals surface area contributed by atoms with Crippen LogP contribution >= 0.6 is 0 Å². The number of hydrogen-bond donors (Lipinski definition) is 2. The molecule has 1 saturated heterocycles. The van der Waals surface area contributed by atoms with E-state index in [4.69, 9.17) is 5.73 Å². The van der Waals surface area contributed by atoms with Gasteiger partial charge in [0.1, 0.15) is 17.0 Å². The summed E-state index contributed by atoms with van der Waals surface area (Å²) >= 11 is 0. The summed E-state index contributed by atoms with van der Waals surface area (Å²) in [5, 5.41) is 6.97. The van der Waals surface area contributed by atoms with Crippen LogP contribution in [0.25, 0.3) is 11.0 Å². The maximum Gasteiger partial charge on any atom is 0.267 e. The van der Waals surface area contributed by atoms with Crippen molar-refractivity contribution in [2.45, 2.75) is 25.3 Å². The molecular formula is C20H20F2N6O. The van der Waals surface area contributed by atoms with Gasteiger partial charge in [-0.15, -0.1) is 0 Å². The monoisotopic (exact) mass is 398 g/mol. The van der Waals surface area contributed by atoms with Gasteiger partial charge in [-0.1, -0.05) is 5.92 Å². The first-order valence-corrected chi connectivity index (χ1v) is 9.21. The zero-order valence-electron chi connectivity index (χ0n) is 16.1. The number of nitrogens with zero attached hydrogens (tertiary/aromatic N) is 4. The Hall–Kier alpha value is -3.25. The van der Waals surface area contributed by atoms with Crippen LogP contribution in [0.5, 0.6) is 0 Å². The molecule has 3 heterocycles. The molecule has 0 atom stereocenters. The molecule has 1 aliphatic rings. The number of rotatable bonds is 1. The Morgan fingerprint density at radius 3 is 2.69 bits per heavy atom. The number of nitrogens with one attached hydrogen (secondary N) is 1. The summed E-state index contributed by atoms with van der Waals surface area (Å²) in [5.74, 6) is 4.46. The normalized spacial score (nSPS) is 16.0. The van der Waals surface area contributed by atoms with Crippen LogP contribution in [0.3, 0.4) is 0 Å². The number of piperidine rings is 1. The predicted octanol–water partition coefficient (Wildman–Crippen LogP) is 1.65. The second kappa shape index (κ2) is 6.97. The summed E-state index contributed by atoms with van der Waals surface area (Å²) in [4.78, 5) is 19.5. The first-order valence-electron chi connectivity index (χ1n) is 9.21. The Morgan fingerprint density at radius 2 is 1.97 bits per heavy atom. The van der Waals surface area contributed by atoms with Gasteiger partial charge in [0.2, 0.25) is 5.95 Å². The van der Waals surface area contributed by atoms with Crippen LogP contribution in [0.1, 0.15) is 31.0 Å². The van der Waals surface area contributed by atoms with Crippen molar-refractivity contribution in [3.8, 4) is 11.8 Å². The average Bonchev–Trinajstić information content (AvgIpc) is 3.09. The van der Waals surface area contributed by atoms with E-state index >= 15 is 0 Å². The highest BCUT2D eigenvalue weighted by Crippen LogP contribution is 2.23. The van der Waals surface area contributed by atoms with E-state index in [9.17, 15) is 13.6 Å². The lowest BCUT2D eigenvalue weighted by Gasteiger charge is -2.37. The van der Waals surface area contributed by atoms with E-state index in [1.807, 2.05) is 11.8 Å². The minimum absolute atomic E-state index is 0.110. The molecule has 9 heteroatoms. The Kier molecular flexibility index (Phi) is 4.59. The Bertz CT molecular complexity index is 1210. The average molecular weight is 398 g/mol. The van der Waals surface area contributed by atoms with Gasteiger partial charge in [0, 0.05) is 25.7 Å². The van der Waals surface area contributed by atoms with Crippen molar-refractivity contribution >= 4 is 17.0 Å². The van der Waals surface area contributed by atoms with Gasteiger partial charge in [-0.05, 0) is 43.9 Å². The largest absolute Gasteiger partial charge is 0.342 e. The number of aromatic nitrogens is 4. The van der Waals surface area contributed by atoms with Gasteiger partial charge in [0.25, 0.3) is 5.56 Å². The number of aromatic amines is 1. The molecule has 0 bridgehead atoms. The molecule has 1 fully saturated rings. The standard InChI is InChI=1S/C20H20F2N6O/c1-20(23)7-9-28(10-8-20)19-24-17-16(18(29)27(19)2)15(25-26-17)6-3-12-11-13(21)4-5-14(12)22/h4-5,11H,7-10,23H2,1-2H3,(H,25,26). The minimum atomic E-state index is -0.649. The fourth-order valence-corrected chi connectivity index (χ4v) is 3.36. The van der Waals surface area contributed by atoms with Crippen molar-refractivity contribution in [2.24, 2.45) is 12.8 Å². The van der Waals surface area contributed by atoms with Crippen LogP contribution < -0.4 is 16.2 Å². The van der Waals surface area contributed by atoms with Crippen LogP contribution in [0.4, 0.5) is 14.7 Å². The van der Waals surface area contributed by atoms with Crippen molar-refractivity contribution in [2.75, 3.05) is 18.0 Å². The van der Waals surface area contributed by atoms with Gasteiger partial charge in [0.05, 0.1) is 5.56 Å². The summed E-state index contributed by atoms with van der Waals surface area (Å²) in [6, 6.07) is 3.01. The quantitative estimate of drug-likeness (QED) is 0.608. The summed E-state index contributed by atoms with van der Waals surface area (Å²) in [6.45, 7) is 3.40. The third-order valence-corrected chi connectivity index (χ3v) is 5.21. The Morgan fingerprint density at radius 1 is 1.24 bits per heavy atom. The molecule has 2 aromatic heterocycles. The molecule has 4 rings (SSSR count). The fraction of sp³-hybridized carbons (Fsp3) is 0.350. The van der Waals surface area contributed by atoms with Crippen LogP contribution in [0.2, 0.25) is 0 Å². The Labute approximate surface area is 165 Å². The van der Waals surface area contributed by atoms with Crippen molar-refractivity contribution < 1.29 is 8.78 Å². The highest BCUT2D eigenvalue weighted by atomic mass is 19.1. The molecule has 7 nitrogen and oxygen atoms in total. The zero-order chi connectivity index (χ0) is 20.8. The molecule has 1 aromatic carbocycles. The number of anilines is 1. The first kappa shape index (κ1) is 19.1. The van der Waals surface area contributed by atoms with E-state index in [0.717, 1.165) is 31.0 Å². The predicted molar refractivity (Wildman–Crippen MR) is 106 cm³/mol. The van der Waals surface area contributed by atoms with E-state index in [-0.39, 0.29) is 27.7 Å². The molecule has 150 valence electrons. The molecule has 3 aromatic rings. The topological polar surface area (TPSA) is 92.8 Å². The van der Waals surface area contributed by atoms with Gasteiger partial charge in [-0.2, -0.15) is 10.1 Å². The third kappa shape index (κ3) is 3.59. The van der Waals surface area contributed by atoms with Crippen molar-refractivity contribution in [3.05, 3.63) is 51.4 Å². The number of H-pyrrole nitrogens is 1. The van der Waals surface area contributed by atoms with Gasteiger partial charge < -0.3 is 10.6 Å². The second-order valence-electron chi connectivity index (χ2n) is 7.59. The molecule has 0 radical (unpaired) electrons. The van der Waals surface area contributed by atoms with E-state index in [1.54, 1.807) is 7.05 Å². The van der Waals surface area contributed by atoms with Crippen molar-refractivity contribution in [1.82, 2.24) is 19.7 Å². The molecule has 29 heavy (non-hydrogen) atoms. The summed E-state index contributed by atoms with van der Waals surface area (Å²) in [6.07, 6.45) is 1.58. The number of fused-ring (bicyclic) bond motifs is 1. The molecule has 1 aliphatic heterocycles. The molecule has 0 unspecified atom stereocenters. The molecular weight excluding hydrogens is 378 g/mol. The molecule has 3 N–H and O–H groups in total. The highest BCUT2D eigenvalue weighted by Gasteiger charge is 2.28. The second-order valence-corrected chi connectivity index (χ2v) is 7.59. The minimum Gasteiger partial charge on any atom is -0.342 e. The molecule has 0 saturated carbocycles. The van der Waals surface area contributed by atoms with E-state index in [2.05, 4.69) is 27.0 Å². The van der Waals surface area contributed by atoms with E-state index in [1.165, 1.54) is 4.57 Å². The van der Waals surface area contributed by atoms with Gasteiger partial charge in [-0.25, -0.2) is 8.78 Å². The van der Waals surface area contributed by atoms with Crippen molar-refractivity contribution in [1.29, 1.82) is 0 Å². The lowest BCUT2D eigenvalue weighted by molar-refractivity contribution is 0.360. The summed E-state index contributed by atoms with van der Waals surface area (Å²) in [7, 11) is 1.64. The lowest BCUT2D eigenvalue weighted by atomic mass is 9.91. The molecule has 0 amide bonds. The maximum atomic E-state index is 13.8. The number of nitrogens with two attached hydrogens (primary N) is 1. The highest BCUT2D eigenvalue weighted by molar-refractivity contribution is 5.81. The van der Waals surface area contributed by atoms with Gasteiger partial charge in [0.15, 0.2) is 11.3 Å². The number of hydrogen-bond acceptors (Lipinski definition) is 5. The SMILES string of the molecule is Cn1c(N2CCC(C)(N)CC2)nc2[nH]nc(C#Cc3cc(F)ccc3F)c2c1=O. The molecule has 0 aliphatic carbocycles. The Balaban J connectivity index is 1.73. The van der Waals surface area contributed by atoms with E-state index in [0.29, 0.717) is 24.7 Å². The smallest absolute Gasteiger partial charge is 0.267 e. The van der Waals surface area contributed by atoms with E-state index < -0.39 is 11.6 Å².